The molecule has 1 atom stereocenters. The highest BCUT2D eigenvalue weighted by Gasteiger charge is 2.32. The lowest BCUT2D eigenvalue weighted by Crippen LogP contribution is -2.52. The number of halogens is 3. The van der Waals surface area contributed by atoms with Gasteiger partial charge in [-0.25, -0.2) is 8.42 Å². The number of anilines is 1. The predicted octanol–water partition coefficient (Wildman–Crippen LogP) is 6.89. The first-order valence-electron chi connectivity index (χ1n) is 14.3. The Morgan fingerprint density at radius 2 is 1.63 bits per heavy atom. The minimum absolute atomic E-state index is 0.0237. The van der Waals surface area contributed by atoms with E-state index in [2.05, 4.69) is 5.32 Å². The normalized spacial score (nSPS) is 14.3. The monoisotopic (exact) mass is 663 g/mol. The molecule has 2 amide bonds. The zero-order valence-electron chi connectivity index (χ0n) is 24.0. The first-order valence-corrected chi connectivity index (χ1v) is 17.3. The zero-order chi connectivity index (χ0) is 31.0. The second kappa shape index (κ2) is 15.3. The van der Waals surface area contributed by atoms with Crippen LogP contribution in [0.4, 0.5) is 5.69 Å². The Kier molecular flexibility index (Phi) is 11.8. The van der Waals surface area contributed by atoms with Crippen molar-refractivity contribution in [2.45, 2.75) is 63.6 Å². The Hall–Kier alpha value is -2.78. The van der Waals surface area contributed by atoms with E-state index in [-0.39, 0.29) is 43.8 Å². The van der Waals surface area contributed by atoms with Gasteiger partial charge in [-0.15, -0.1) is 0 Å². The van der Waals surface area contributed by atoms with E-state index in [9.17, 15) is 18.0 Å². The van der Waals surface area contributed by atoms with Gasteiger partial charge in [-0.1, -0.05) is 90.1 Å². The highest BCUT2D eigenvalue weighted by molar-refractivity contribution is 7.92. The Bertz CT molecular complexity index is 1520. The van der Waals surface area contributed by atoms with Crippen LogP contribution in [0.3, 0.4) is 0 Å². The largest absolute Gasteiger partial charge is 0.352 e. The van der Waals surface area contributed by atoms with Gasteiger partial charge in [0.1, 0.15) is 6.04 Å². The van der Waals surface area contributed by atoms with Crippen LogP contribution in [-0.4, -0.2) is 50.0 Å². The molecule has 7 nitrogen and oxygen atoms in total. The number of hydrogen-bond donors (Lipinski definition) is 1. The summed E-state index contributed by atoms with van der Waals surface area (Å²) in [6, 6.07) is 20.6. The molecule has 3 aromatic carbocycles. The van der Waals surface area contributed by atoms with Crippen molar-refractivity contribution in [1.29, 1.82) is 0 Å². The fourth-order valence-electron chi connectivity index (χ4n) is 5.39. The summed E-state index contributed by atoms with van der Waals surface area (Å²) in [7, 11) is -3.64. The molecule has 0 aliphatic heterocycles. The number of nitrogens with zero attached hydrogens (tertiary/aromatic N) is 2. The second-order valence-electron chi connectivity index (χ2n) is 10.9. The maximum absolute atomic E-state index is 14.0. The van der Waals surface area contributed by atoms with E-state index in [0.717, 1.165) is 43.1 Å². The highest BCUT2D eigenvalue weighted by atomic mass is 35.5. The van der Waals surface area contributed by atoms with Gasteiger partial charge in [0.2, 0.25) is 21.8 Å². The number of carbonyl (C=O) groups excluding carboxylic acids is 2. The second-order valence-corrected chi connectivity index (χ2v) is 14.0. The Morgan fingerprint density at radius 3 is 2.28 bits per heavy atom. The maximum atomic E-state index is 14.0. The topological polar surface area (TPSA) is 86.8 Å². The summed E-state index contributed by atoms with van der Waals surface area (Å²) in [6.07, 6.45) is 5.65. The van der Waals surface area contributed by atoms with E-state index in [1.807, 2.05) is 30.3 Å². The van der Waals surface area contributed by atoms with Crippen LogP contribution >= 0.6 is 34.8 Å². The minimum Gasteiger partial charge on any atom is -0.352 e. The summed E-state index contributed by atoms with van der Waals surface area (Å²) >= 11 is 18.6. The number of nitrogens with one attached hydrogen (secondary N) is 1. The fraction of sp³-hybridized carbons (Fsp3) is 0.375. The Morgan fingerprint density at radius 1 is 0.907 bits per heavy atom. The van der Waals surface area contributed by atoms with Crippen LogP contribution in [0.2, 0.25) is 15.1 Å². The molecule has 1 N–H and O–H groups in total. The van der Waals surface area contributed by atoms with Crippen LogP contribution in [0.15, 0.2) is 72.8 Å². The van der Waals surface area contributed by atoms with Crippen molar-refractivity contribution >= 4 is 62.3 Å². The quantitative estimate of drug-likeness (QED) is 0.216. The number of benzene rings is 3. The molecule has 0 radical (unpaired) electrons. The molecule has 1 fully saturated rings. The predicted molar refractivity (Wildman–Crippen MR) is 174 cm³/mol. The van der Waals surface area contributed by atoms with Crippen LogP contribution in [0, 0.1) is 0 Å². The van der Waals surface area contributed by atoms with Gasteiger partial charge in [0, 0.05) is 37.0 Å². The zero-order valence-corrected chi connectivity index (χ0v) is 27.1. The molecule has 0 heterocycles. The van der Waals surface area contributed by atoms with E-state index < -0.39 is 16.1 Å². The smallest absolute Gasteiger partial charge is 0.243 e. The number of hydrogen-bond acceptors (Lipinski definition) is 4. The molecule has 0 unspecified atom stereocenters. The third kappa shape index (κ3) is 9.60. The number of amides is 2. The van der Waals surface area contributed by atoms with Gasteiger partial charge in [-0.3, -0.25) is 13.9 Å². The Balaban J connectivity index is 1.60. The van der Waals surface area contributed by atoms with E-state index >= 15 is 0 Å². The summed E-state index contributed by atoms with van der Waals surface area (Å²) < 4.78 is 26.5. The highest BCUT2D eigenvalue weighted by Crippen LogP contribution is 2.26. The van der Waals surface area contributed by atoms with Gasteiger partial charge in [-0.05, 0) is 60.7 Å². The summed E-state index contributed by atoms with van der Waals surface area (Å²) in [4.78, 5) is 29.4. The van der Waals surface area contributed by atoms with Crippen molar-refractivity contribution in [1.82, 2.24) is 10.2 Å². The third-order valence-corrected chi connectivity index (χ3v) is 9.73. The van der Waals surface area contributed by atoms with Gasteiger partial charge in [0.05, 0.1) is 22.0 Å². The molecule has 11 heteroatoms. The average Bonchev–Trinajstić information content (AvgIpc) is 3.47. The first kappa shape index (κ1) is 33.1. The number of carbonyl (C=O) groups is 2. The van der Waals surface area contributed by atoms with Crippen molar-refractivity contribution < 1.29 is 18.0 Å². The standard InChI is InChI=1S/C32H36Cl3N3O4S/c1-43(41,42)38(27-14-7-11-25(33)21-27)18-8-15-31(39)37(22-24-16-17-28(34)29(35)19-24)30(20-23-9-3-2-4-10-23)32(40)36-26-12-5-6-13-26/h2-4,7,9-11,14,16-17,19,21,26,30H,5-6,8,12-13,15,18,20,22H2,1H3,(H,36,40)/t30-/m1/s1. The molecule has 1 saturated carbocycles. The van der Waals surface area contributed by atoms with E-state index in [0.29, 0.717) is 27.2 Å². The average molecular weight is 665 g/mol. The van der Waals surface area contributed by atoms with Gasteiger partial charge in [-0.2, -0.15) is 0 Å². The molecule has 43 heavy (non-hydrogen) atoms. The van der Waals surface area contributed by atoms with Crippen molar-refractivity contribution in [2.24, 2.45) is 0 Å². The van der Waals surface area contributed by atoms with Gasteiger partial charge >= 0.3 is 0 Å². The number of rotatable bonds is 13. The summed E-state index contributed by atoms with van der Waals surface area (Å²) in [5.41, 5.74) is 2.07. The van der Waals surface area contributed by atoms with Crippen LogP contribution in [0.5, 0.6) is 0 Å². The van der Waals surface area contributed by atoms with Crippen molar-refractivity contribution in [3.63, 3.8) is 0 Å². The molecule has 1 aliphatic carbocycles. The van der Waals surface area contributed by atoms with Crippen molar-refractivity contribution in [3.8, 4) is 0 Å². The molecule has 0 saturated heterocycles. The molecule has 1 aliphatic rings. The van der Waals surface area contributed by atoms with E-state index in [4.69, 9.17) is 34.8 Å². The summed E-state index contributed by atoms with van der Waals surface area (Å²) in [6.45, 7) is 0.207. The van der Waals surface area contributed by atoms with Gasteiger partial charge in [0.15, 0.2) is 0 Å². The molecule has 0 aromatic heterocycles. The first-order chi connectivity index (χ1) is 20.5. The lowest BCUT2D eigenvalue weighted by Gasteiger charge is -2.33. The minimum atomic E-state index is -3.64. The van der Waals surface area contributed by atoms with Crippen molar-refractivity contribution in [2.75, 3.05) is 17.1 Å². The van der Waals surface area contributed by atoms with Crippen LogP contribution in [0.25, 0.3) is 0 Å². The molecular weight excluding hydrogens is 629 g/mol. The van der Waals surface area contributed by atoms with Gasteiger partial charge < -0.3 is 10.2 Å². The van der Waals surface area contributed by atoms with Gasteiger partial charge in [0.25, 0.3) is 0 Å². The summed E-state index contributed by atoms with van der Waals surface area (Å²) in [5.74, 6) is -0.478. The van der Waals surface area contributed by atoms with E-state index in [1.165, 1.54) is 4.31 Å². The third-order valence-electron chi connectivity index (χ3n) is 7.56. The maximum Gasteiger partial charge on any atom is 0.243 e. The van der Waals surface area contributed by atoms with Crippen LogP contribution in [0.1, 0.15) is 49.7 Å². The molecular formula is C32H36Cl3N3O4S. The van der Waals surface area contributed by atoms with E-state index in [1.54, 1.807) is 47.4 Å². The van der Waals surface area contributed by atoms with Crippen molar-refractivity contribution in [3.05, 3.63) is 99.0 Å². The molecule has 0 bridgehead atoms. The van der Waals surface area contributed by atoms with Crippen LogP contribution < -0.4 is 9.62 Å². The molecule has 0 spiro atoms. The fourth-order valence-corrected chi connectivity index (χ4v) is 6.85. The molecule has 230 valence electrons. The Labute approximate surface area is 269 Å². The lowest BCUT2D eigenvalue weighted by atomic mass is 10.0. The SMILES string of the molecule is CS(=O)(=O)N(CCCC(=O)N(Cc1ccc(Cl)c(Cl)c1)[C@H](Cc1ccccc1)C(=O)NC1CCCC1)c1cccc(Cl)c1. The summed E-state index contributed by atoms with van der Waals surface area (Å²) in [5, 5.41) is 4.34. The number of sulfonamides is 1. The lowest BCUT2D eigenvalue weighted by molar-refractivity contribution is -0.141. The molecule has 3 aromatic rings. The van der Waals surface area contributed by atoms with Crippen LogP contribution in [-0.2, 0) is 32.6 Å². The molecule has 4 rings (SSSR count).